The zero-order valence-electron chi connectivity index (χ0n) is 14.3. The summed E-state index contributed by atoms with van der Waals surface area (Å²) in [6, 6.07) is 13.8. The number of ether oxygens (including phenoxy) is 2. The highest BCUT2D eigenvalue weighted by atomic mass is 16.5. The van der Waals surface area contributed by atoms with E-state index in [0.717, 1.165) is 5.56 Å². The highest BCUT2D eigenvalue weighted by Crippen LogP contribution is 2.27. The summed E-state index contributed by atoms with van der Waals surface area (Å²) in [6.07, 6.45) is 1.41. The van der Waals surface area contributed by atoms with Crippen molar-refractivity contribution in [3.63, 3.8) is 0 Å². The molecule has 0 spiro atoms. The molecule has 0 aromatic heterocycles. The largest absolute Gasteiger partial charge is 0.493 e. The lowest BCUT2D eigenvalue weighted by molar-refractivity contribution is -0.123. The molecule has 8 nitrogen and oxygen atoms in total. The van der Waals surface area contributed by atoms with Gasteiger partial charge in [0.25, 0.3) is 5.91 Å². The summed E-state index contributed by atoms with van der Waals surface area (Å²) in [4.78, 5) is 22.5. The number of amides is 3. The van der Waals surface area contributed by atoms with E-state index >= 15 is 0 Å². The van der Waals surface area contributed by atoms with E-state index in [4.69, 9.17) is 15.2 Å². The number of nitrogens with zero attached hydrogens (tertiary/aromatic N) is 1. The van der Waals surface area contributed by atoms with Gasteiger partial charge in [-0.2, -0.15) is 5.10 Å². The van der Waals surface area contributed by atoms with Crippen molar-refractivity contribution in [2.45, 2.75) is 6.54 Å². The molecule has 0 aliphatic carbocycles. The minimum atomic E-state index is -0.755. The van der Waals surface area contributed by atoms with Crippen LogP contribution in [0.25, 0.3) is 0 Å². The van der Waals surface area contributed by atoms with Gasteiger partial charge in [-0.1, -0.05) is 30.3 Å². The van der Waals surface area contributed by atoms with E-state index in [1.807, 2.05) is 30.3 Å². The third kappa shape index (κ3) is 6.16. The number of hydrogen-bond donors (Lipinski definition) is 3. The predicted molar refractivity (Wildman–Crippen MR) is 97.1 cm³/mol. The molecule has 0 saturated heterocycles. The van der Waals surface area contributed by atoms with Gasteiger partial charge in [0.1, 0.15) is 0 Å². The predicted octanol–water partition coefficient (Wildman–Crippen LogP) is 1.39. The Labute approximate surface area is 151 Å². The van der Waals surface area contributed by atoms with E-state index < -0.39 is 6.03 Å². The average molecular weight is 356 g/mol. The van der Waals surface area contributed by atoms with Crippen LogP contribution in [0.2, 0.25) is 0 Å². The molecule has 26 heavy (non-hydrogen) atoms. The molecule has 2 rings (SSSR count). The summed E-state index contributed by atoms with van der Waals surface area (Å²) < 4.78 is 10.7. The molecule has 0 saturated carbocycles. The number of methoxy groups -OCH3 is 1. The highest BCUT2D eigenvalue weighted by molar-refractivity contribution is 5.82. The molecular formula is C18H20N4O4. The first-order valence-electron chi connectivity index (χ1n) is 7.78. The average Bonchev–Trinajstić information content (AvgIpc) is 2.65. The van der Waals surface area contributed by atoms with Crippen LogP contribution in [0.15, 0.2) is 53.6 Å². The monoisotopic (exact) mass is 356 g/mol. The van der Waals surface area contributed by atoms with Crippen molar-refractivity contribution in [3.05, 3.63) is 59.7 Å². The second-order valence-corrected chi connectivity index (χ2v) is 5.20. The van der Waals surface area contributed by atoms with Crippen molar-refractivity contribution in [1.82, 2.24) is 10.7 Å². The Bertz CT molecular complexity index is 778. The molecule has 0 heterocycles. The fraction of sp³-hybridized carbons (Fsp3) is 0.167. The van der Waals surface area contributed by atoms with Gasteiger partial charge in [-0.05, 0) is 29.3 Å². The van der Waals surface area contributed by atoms with Gasteiger partial charge in [0.2, 0.25) is 0 Å². The number of hydrogen-bond acceptors (Lipinski definition) is 5. The molecule has 4 N–H and O–H groups in total. The zero-order chi connectivity index (χ0) is 18.8. The molecule has 2 aromatic rings. The number of urea groups is 1. The molecule has 3 amide bonds. The van der Waals surface area contributed by atoms with Gasteiger partial charge in [0.15, 0.2) is 18.1 Å². The smallest absolute Gasteiger partial charge is 0.332 e. The second kappa shape index (κ2) is 9.67. The third-order valence-corrected chi connectivity index (χ3v) is 3.27. The van der Waals surface area contributed by atoms with Crippen LogP contribution in [-0.4, -0.2) is 31.9 Å². The molecule has 0 radical (unpaired) electrons. The quantitative estimate of drug-likeness (QED) is 0.490. The molecule has 0 bridgehead atoms. The Morgan fingerprint density at radius 3 is 2.62 bits per heavy atom. The third-order valence-electron chi connectivity index (χ3n) is 3.27. The second-order valence-electron chi connectivity index (χ2n) is 5.20. The van der Waals surface area contributed by atoms with Crippen LogP contribution in [0.1, 0.15) is 11.1 Å². The molecule has 136 valence electrons. The number of rotatable bonds is 8. The molecular weight excluding hydrogens is 336 g/mol. The lowest BCUT2D eigenvalue weighted by Crippen LogP contribution is -2.28. The molecule has 2 aromatic carbocycles. The van der Waals surface area contributed by atoms with E-state index in [-0.39, 0.29) is 12.5 Å². The van der Waals surface area contributed by atoms with Crippen LogP contribution in [-0.2, 0) is 11.3 Å². The van der Waals surface area contributed by atoms with Crippen LogP contribution in [0.5, 0.6) is 11.5 Å². The number of nitrogens with one attached hydrogen (secondary N) is 2. The van der Waals surface area contributed by atoms with Gasteiger partial charge in [0.05, 0.1) is 13.3 Å². The standard InChI is InChI=1S/C18H20N4O4/c1-25-16-9-14(11-21-22-18(19)24)7-8-15(16)26-12-17(23)20-10-13-5-3-2-4-6-13/h2-9,11H,10,12H2,1H3,(H,20,23)(H3,19,22,24). The SMILES string of the molecule is COc1cc(C=NNC(N)=O)ccc1OCC(=O)NCc1ccccc1. The summed E-state index contributed by atoms with van der Waals surface area (Å²) in [5.74, 6) is 0.610. The number of benzene rings is 2. The van der Waals surface area contributed by atoms with E-state index in [1.165, 1.54) is 13.3 Å². The van der Waals surface area contributed by atoms with Gasteiger partial charge >= 0.3 is 6.03 Å². The van der Waals surface area contributed by atoms with Gasteiger partial charge in [-0.25, -0.2) is 10.2 Å². The summed E-state index contributed by atoms with van der Waals surface area (Å²) in [5.41, 5.74) is 8.69. The van der Waals surface area contributed by atoms with Crippen molar-refractivity contribution < 1.29 is 19.1 Å². The molecule has 8 heteroatoms. The first-order valence-corrected chi connectivity index (χ1v) is 7.78. The van der Waals surface area contributed by atoms with Crippen LogP contribution >= 0.6 is 0 Å². The van der Waals surface area contributed by atoms with E-state index in [0.29, 0.717) is 23.6 Å². The van der Waals surface area contributed by atoms with E-state index in [9.17, 15) is 9.59 Å². The Morgan fingerprint density at radius 2 is 1.92 bits per heavy atom. The summed E-state index contributed by atoms with van der Waals surface area (Å²) in [7, 11) is 1.49. The van der Waals surface area contributed by atoms with Crippen LogP contribution in [0, 0.1) is 0 Å². The fourth-order valence-corrected chi connectivity index (χ4v) is 2.04. The number of carbonyl (C=O) groups is 2. The lowest BCUT2D eigenvalue weighted by atomic mass is 10.2. The zero-order valence-corrected chi connectivity index (χ0v) is 14.3. The topological polar surface area (TPSA) is 115 Å². The van der Waals surface area contributed by atoms with E-state index in [1.54, 1.807) is 18.2 Å². The summed E-state index contributed by atoms with van der Waals surface area (Å²) in [5, 5.41) is 6.44. The van der Waals surface area contributed by atoms with Crippen LogP contribution in [0.3, 0.4) is 0 Å². The Kier molecular flexibility index (Phi) is 6.99. The summed E-state index contributed by atoms with van der Waals surface area (Å²) in [6.45, 7) is 0.294. The maximum Gasteiger partial charge on any atom is 0.332 e. The Morgan fingerprint density at radius 1 is 1.15 bits per heavy atom. The lowest BCUT2D eigenvalue weighted by Gasteiger charge is -2.11. The molecule has 0 atom stereocenters. The van der Waals surface area contributed by atoms with Crippen molar-refractivity contribution in [2.75, 3.05) is 13.7 Å². The van der Waals surface area contributed by atoms with Crippen molar-refractivity contribution in [1.29, 1.82) is 0 Å². The number of nitrogens with two attached hydrogens (primary N) is 1. The van der Waals surface area contributed by atoms with Gasteiger partial charge in [-0.15, -0.1) is 0 Å². The van der Waals surface area contributed by atoms with Crippen molar-refractivity contribution >= 4 is 18.2 Å². The minimum Gasteiger partial charge on any atom is -0.493 e. The Balaban J connectivity index is 1.88. The molecule has 0 aliphatic heterocycles. The molecule has 0 unspecified atom stereocenters. The Hall–Kier alpha value is -3.55. The number of hydrazone groups is 1. The van der Waals surface area contributed by atoms with Gasteiger partial charge in [0, 0.05) is 6.54 Å². The van der Waals surface area contributed by atoms with Gasteiger partial charge < -0.3 is 20.5 Å². The van der Waals surface area contributed by atoms with Crippen LogP contribution in [0.4, 0.5) is 4.79 Å². The first-order chi connectivity index (χ1) is 12.6. The first kappa shape index (κ1) is 18.8. The maximum absolute atomic E-state index is 11.9. The number of primary amides is 1. The normalized spacial score (nSPS) is 10.3. The van der Waals surface area contributed by atoms with E-state index in [2.05, 4.69) is 15.8 Å². The molecule has 0 aliphatic rings. The molecule has 0 fully saturated rings. The van der Waals surface area contributed by atoms with Crippen LogP contribution < -0.4 is 25.9 Å². The van der Waals surface area contributed by atoms with Crippen molar-refractivity contribution in [3.8, 4) is 11.5 Å². The van der Waals surface area contributed by atoms with Gasteiger partial charge in [-0.3, -0.25) is 4.79 Å². The fourth-order valence-electron chi connectivity index (χ4n) is 2.04. The maximum atomic E-state index is 11.9. The minimum absolute atomic E-state index is 0.139. The summed E-state index contributed by atoms with van der Waals surface area (Å²) >= 11 is 0. The highest BCUT2D eigenvalue weighted by Gasteiger charge is 2.08. The van der Waals surface area contributed by atoms with Crippen molar-refractivity contribution in [2.24, 2.45) is 10.8 Å². The number of carbonyl (C=O) groups excluding carboxylic acids is 2.